The average Bonchev–Trinajstić information content (AvgIpc) is 2.85. The van der Waals surface area contributed by atoms with E-state index in [0.29, 0.717) is 6.10 Å². The summed E-state index contributed by atoms with van der Waals surface area (Å²) in [5.41, 5.74) is 1.54. The van der Waals surface area contributed by atoms with Gasteiger partial charge in [0.25, 0.3) is 0 Å². The summed E-state index contributed by atoms with van der Waals surface area (Å²) in [5.74, 6) is -0.912. The number of carboxylic acids is 1. The number of aromatic hydroxyl groups is 1. The fraction of sp³-hybridized carbons (Fsp3) is 0.281. The van der Waals surface area contributed by atoms with Crippen LogP contribution in [-0.2, 0) is 4.74 Å². The van der Waals surface area contributed by atoms with E-state index in [9.17, 15) is 4.79 Å². The number of ether oxygens (including phenoxy) is 1. The van der Waals surface area contributed by atoms with Crippen molar-refractivity contribution in [1.82, 2.24) is 0 Å². The lowest BCUT2D eigenvalue weighted by atomic mass is 9.92. The molecule has 190 valence electrons. The summed E-state index contributed by atoms with van der Waals surface area (Å²) >= 11 is 0. The molecule has 0 aromatic heterocycles. The third kappa shape index (κ3) is 7.69. The Labute approximate surface area is 214 Å². The fourth-order valence-corrected chi connectivity index (χ4v) is 3.82. The Kier molecular flexibility index (Phi) is 11.2. The molecule has 0 aliphatic carbocycles. The number of carbonyl (C=O) groups is 1. The lowest BCUT2D eigenvalue weighted by molar-refractivity contribution is 0.0696. The third-order valence-electron chi connectivity index (χ3n) is 5.36. The molecule has 5 rings (SSSR count). The van der Waals surface area contributed by atoms with E-state index < -0.39 is 5.97 Å². The number of phenols is 1. The molecular weight excluding hydrogens is 448 g/mol. The smallest absolute Gasteiger partial charge is 0.335 e. The van der Waals surface area contributed by atoms with Gasteiger partial charge in [-0.15, -0.1) is 0 Å². The van der Waals surface area contributed by atoms with Gasteiger partial charge in [0.1, 0.15) is 5.75 Å². The molecule has 0 saturated carbocycles. The van der Waals surface area contributed by atoms with E-state index in [0.717, 1.165) is 6.61 Å². The molecule has 5 aromatic rings. The molecule has 2 N–H and O–H groups in total. The van der Waals surface area contributed by atoms with E-state index in [4.69, 9.17) is 14.9 Å². The van der Waals surface area contributed by atoms with Gasteiger partial charge >= 0.3 is 5.97 Å². The normalized spacial score (nSPS) is 10.3. The molecule has 0 atom stereocenters. The minimum Gasteiger partial charge on any atom is -0.508 e. The van der Waals surface area contributed by atoms with Crippen molar-refractivity contribution >= 4 is 38.3 Å². The molecule has 0 aliphatic rings. The Morgan fingerprint density at radius 3 is 1.75 bits per heavy atom. The van der Waals surface area contributed by atoms with Crippen molar-refractivity contribution in [3.05, 3.63) is 90.0 Å². The van der Waals surface area contributed by atoms with Crippen molar-refractivity contribution in [3.8, 4) is 5.75 Å². The molecule has 0 radical (unpaired) electrons. The molecular formula is C32H38O4. The molecule has 4 heteroatoms. The highest BCUT2D eigenvalue weighted by Crippen LogP contribution is 2.35. The SMILES string of the molecule is CCC.CCOC(C)C.Cc1ccc2ccc3cccc4ccc1c2c34.O=C(O)c1ccc(O)cc1. The Balaban J connectivity index is 0.000000205. The van der Waals surface area contributed by atoms with Gasteiger partial charge in [0.05, 0.1) is 11.7 Å². The largest absolute Gasteiger partial charge is 0.508 e. The maximum atomic E-state index is 10.2. The van der Waals surface area contributed by atoms with Crippen molar-refractivity contribution in [1.29, 1.82) is 0 Å². The molecule has 0 spiro atoms. The summed E-state index contributed by atoms with van der Waals surface area (Å²) in [6.07, 6.45) is 1.65. The standard InChI is InChI=1S/C17H12.C7H6O3.C5H12O.C3H8/c1-11-5-6-14-8-7-12-3-2-4-13-9-10-15(11)17(14)16(12)13;8-6-3-1-5(2-4-6)7(9)10;1-4-6-5(2)3;1-3-2/h2-10H,1H3;1-4,8H,(H,9,10);5H,4H2,1-3H3;3H2,1-2H3. The Bertz CT molecular complexity index is 1340. The van der Waals surface area contributed by atoms with Crippen LogP contribution in [0.3, 0.4) is 0 Å². The van der Waals surface area contributed by atoms with E-state index in [-0.39, 0.29) is 11.3 Å². The first-order valence-corrected chi connectivity index (χ1v) is 12.5. The molecule has 0 heterocycles. The van der Waals surface area contributed by atoms with Crippen LogP contribution in [0.1, 0.15) is 57.0 Å². The predicted octanol–water partition coefficient (Wildman–Crippen LogP) is 8.83. The summed E-state index contributed by atoms with van der Waals surface area (Å²) in [4.78, 5) is 10.2. The van der Waals surface area contributed by atoms with Gasteiger partial charge in [-0.05, 0) is 89.8 Å². The quantitative estimate of drug-likeness (QED) is 0.250. The second kappa shape index (κ2) is 14.1. The van der Waals surface area contributed by atoms with Gasteiger partial charge in [0.15, 0.2) is 0 Å². The number of carboxylic acid groups (broad SMARTS) is 1. The van der Waals surface area contributed by atoms with Crippen molar-refractivity contribution < 1.29 is 19.7 Å². The number of aromatic carboxylic acids is 1. The van der Waals surface area contributed by atoms with Crippen LogP contribution in [0, 0.1) is 6.92 Å². The molecule has 36 heavy (non-hydrogen) atoms. The first-order chi connectivity index (χ1) is 17.2. The highest BCUT2D eigenvalue weighted by molar-refractivity contribution is 6.23. The minimum atomic E-state index is -0.986. The van der Waals surface area contributed by atoms with Crippen LogP contribution in [0.5, 0.6) is 5.75 Å². The van der Waals surface area contributed by atoms with Gasteiger partial charge in [-0.2, -0.15) is 0 Å². The van der Waals surface area contributed by atoms with Gasteiger partial charge in [0.2, 0.25) is 0 Å². The van der Waals surface area contributed by atoms with Crippen LogP contribution in [-0.4, -0.2) is 28.9 Å². The number of hydrogen-bond acceptors (Lipinski definition) is 3. The lowest BCUT2D eigenvalue weighted by Gasteiger charge is -2.11. The van der Waals surface area contributed by atoms with E-state index in [1.54, 1.807) is 0 Å². The summed E-state index contributed by atoms with van der Waals surface area (Å²) in [6.45, 7) is 13.3. The molecule has 0 saturated heterocycles. The number of hydrogen-bond donors (Lipinski definition) is 2. The maximum Gasteiger partial charge on any atom is 0.335 e. The van der Waals surface area contributed by atoms with Crippen LogP contribution in [0.25, 0.3) is 32.3 Å². The second-order valence-corrected chi connectivity index (χ2v) is 8.80. The zero-order chi connectivity index (χ0) is 26.7. The van der Waals surface area contributed by atoms with Gasteiger partial charge in [0, 0.05) is 6.61 Å². The molecule has 0 bridgehead atoms. The zero-order valence-electron chi connectivity index (χ0n) is 22.2. The topological polar surface area (TPSA) is 66.8 Å². The second-order valence-electron chi connectivity index (χ2n) is 8.80. The molecule has 4 nitrogen and oxygen atoms in total. The fourth-order valence-electron chi connectivity index (χ4n) is 3.82. The molecule has 0 amide bonds. The summed E-state index contributed by atoms with van der Waals surface area (Å²) in [6, 6.07) is 25.3. The monoisotopic (exact) mass is 486 g/mol. The first kappa shape index (κ1) is 28.6. The highest BCUT2D eigenvalue weighted by Gasteiger charge is 2.08. The van der Waals surface area contributed by atoms with E-state index in [1.165, 1.54) is 68.6 Å². The van der Waals surface area contributed by atoms with E-state index in [2.05, 4.69) is 75.4 Å². The van der Waals surface area contributed by atoms with E-state index in [1.807, 2.05) is 20.8 Å². The van der Waals surface area contributed by atoms with Crippen LogP contribution in [0.15, 0.2) is 78.9 Å². The Morgan fingerprint density at radius 1 is 0.778 bits per heavy atom. The average molecular weight is 487 g/mol. The number of aryl methyl sites for hydroxylation is 1. The predicted molar refractivity (Wildman–Crippen MR) is 153 cm³/mol. The van der Waals surface area contributed by atoms with Gasteiger partial charge < -0.3 is 14.9 Å². The van der Waals surface area contributed by atoms with Crippen LogP contribution in [0.2, 0.25) is 0 Å². The van der Waals surface area contributed by atoms with Crippen molar-refractivity contribution in [2.75, 3.05) is 6.61 Å². The summed E-state index contributed by atoms with van der Waals surface area (Å²) in [5, 5.41) is 25.4. The molecule has 5 aromatic carbocycles. The Morgan fingerprint density at radius 2 is 1.28 bits per heavy atom. The van der Waals surface area contributed by atoms with E-state index >= 15 is 0 Å². The van der Waals surface area contributed by atoms with Crippen molar-refractivity contribution in [3.63, 3.8) is 0 Å². The lowest BCUT2D eigenvalue weighted by Crippen LogP contribution is -1.99. The third-order valence-corrected chi connectivity index (χ3v) is 5.36. The molecule has 0 aliphatic heterocycles. The van der Waals surface area contributed by atoms with Crippen molar-refractivity contribution in [2.24, 2.45) is 0 Å². The zero-order valence-corrected chi connectivity index (χ0v) is 22.2. The van der Waals surface area contributed by atoms with Crippen LogP contribution >= 0.6 is 0 Å². The number of rotatable bonds is 3. The van der Waals surface area contributed by atoms with Crippen molar-refractivity contribution in [2.45, 2.75) is 54.1 Å². The molecule has 0 unspecified atom stereocenters. The first-order valence-electron chi connectivity index (χ1n) is 12.5. The number of phenolic OH excluding ortho intramolecular Hbond substituents is 1. The van der Waals surface area contributed by atoms with Gasteiger partial charge in [-0.25, -0.2) is 4.79 Å². The summed E-state index contributed by atoms with van der Waals surface area (Å²) in [7, 11) is 0. The maximum absolute atomic E-state index is 10.2. The van der Waals surface area contributed by atoms with Gasteiger partial charge in [-0.3, -0.25) is 0 Å². The number of benzene rings is 5. The van der Waals surface area contributed by atoms with Crippen LogP contribution in [0.4, 0.5) is 0 Å². The van der Waals surface area contributed by atoms with Gasteiger partial charge in [-0.1, -0.05) is 74.9 Å². The highest BCUT2D eigenvalue weighted by atomic mass is 16.5. The molecule has 0 fully saturated rings. The minimum absolute atomic E-state index is 0.0741. The Hall–Kier alpha value is -3.63. The summed E-state index contributed by atoms with van der Waals surface area (Å²) < 4.78 is 5.04. The van der Waals surface area contributed by atoms with Crippen LogP contribution < -0.4 is 0 Å².